The molecule has 2 aliphatic rings. The van der Waals surface area contributed by atoms with Crippen molar-refractivity contribution in [1.29, 1.82) is 0 Å². The molecule has 6 nitrogen and oxygen atoms in total. The maximum atomic E-state index is 13.2. The molecule has 10 heteroatoms. The van der Waals surface area contributed by atoms with Crippen LogP contribution < -0.4 is 10.2 Å². The summed E-state index contributed by atoms with van der Waals surface area (Å²) in [4.78, 5) is 19.1. The third-order valence-electron chi connectivity index (χ3n) is 6.21. The third kappa shape index (κ3) is 4.34. The van der Waals surface area contributed by atoms with Crippen LogP contribution >= 0.6 is 0 Å². The second kappa shape index (κ2) is 7.77. The number of pyridine rings is 1. The molecule has 1 amide bonds. The first-order chi connectivity index (χ1) is 14.9. The van der Waals surface area contributed by atoms with Gasteiger partial charge in [0.1, 0.15) is 5.75 Å². The Balaban J connectivity index is 1.57. The van der Waals surface area contributed by atoms with Gasteiger partial charge < -0.3 is 18.9 Å². The Morgan fingerprint density at radius 2 is 1.81 bits per heavy atom. The van der Waals surface area contributed by atoms with Crippen LogP contribution in [0.1, 0.15) is 49.3 Å². The number of alkyl halides is 3. The minimum atomic E-state index is -4.81. The Bertz CT molecular complexity index is 1030. The number of carbonyl (C=O) groups excluding carboxylic acids is 1. The predicted octanol–water partition coefficient (Wildman–Crippen LogP) is 3.48. The van der Waals surface area contributed by atoms with Crippen LogP contribution in [0.25, 0.3) is 0 Å². The first kappa shape index (κ1) is 22.6. The number of halogens is 3. The average molecular weight is 448 g/mol. The Hall–Kier alpha value is -2.59. The lowest BCUT2D eigenvalue weighted by molar-refractivity contribution is -0.275. The van der Waals surface area contributed by atoms with Crippen LogP contribution in [0.2, 0.25) is 0 Å². The van der Waals surface area contributed by atoms with E-state index < -0.39 is 24.7 Å². The zero-order chi connectivity index (χ0) is 23.3. The van der Waals surface area contributed by atoms with Gasteiger partial charge in [-0.1, -0.05) is 18.2 Å². The smallest absolute Gasteiger partial charge is 0.405 e. The molecule has 2 aromatic rings. The Morgan fingerprint density at radius 1 is 1.16 bits per heavy atom. The molecule has 1 fully saturated rings. The zero-order valence-electron chi connectivity index (χ0n) is 18.3. The molecular weight excluding hydrogens is 424 g/mol. The molecule has 1 saturated heterocycles. The monoisotopic (exact) mass is 448 g/mol. The van der Waals surface area contributed by atoms with Crippen molar-refractivity contribution in [3.8, 4) is 5.75 Å². The molecule has 0 radical (unpaired) electrons. The first-order valence-electron chi connectivity index (χ1n) is 10.3. The molecular formula is C22H24BF3N2O4. The number of para-hydroxylation sites is 1. The molecule has 0 saturated carbocycles. The number of rotatable bonds is 4. The van der Waals surface area contributed by atoms with Gasteiger partial charge in [-0.2, -0.15) is 0 Å². The van der Waals surface area contributed by atoms with Crippen molar-refractivity contribution >= 4 is 18.5 Å². The first-order valence-corrected chi connectivity index (χ1v) is 10.3. The Kier molecular flexibility index (Phi) is 5.49. The van der Waals surface area contributed by atoms with E-state index in [1.54, 1.807) is 18.3 Å². The molecule has 170 valence electrons. The normalized spacial score (nSPS) is 19.8. The van der Waals surface area contributed by atoms with E-state index in [4.69, 9.17) is 9.31 Å². The summed E-state index contributed by atoms with van der Waals surface area (Å²) in [5.74, 6) is -0.623. The van der Waals surface area contributed by atoms with E-state index in [2.05, 4.69) is 9.72 Å². The summed E-state index contributed by atoms with van der Waals surface area (Å²) in [5, 5.41) is 0. The molecule has 3 heterocycles. The number of nitrogens with zero attached hydrogens (tertiary/aromatic N) is 2. The van der Waals surface area contributed by atoms with Crippen molar-refractivity contribution in [3.05, 3.63) is 53.3 Å². The van der Waals surface area contributed by atoms with Crippen LogP contribution in [0.4, 0.5) is 13.2 Å². The number of ether oxygens (including phenoxy) is 1. The van der Waals surface area contributed by atoms with E-state index in [0.717, 1.165) is 0 Å². The Morgan fingerprint density at radius 3 is 2.47 bits per heavy atom. The van der Waals surface area contributed by atoms with Gasteiger partial charge in [0, 0.05) is 36.7 Å². The highest BCUT2D eigenvalue weighted by atomic mass is 19.4. The molecule has 0 unspecified atom stereocenters. The maximum absolute atomic E-state index is 13.2. The quantitative estimate of drug-likeness (QED) is 0.671. The zero-order valence-corrected chi connectivity index (χ0v) is 18.3. The van der Waals surface area contributed by atoms with Crippen molar-refractivity contribution < 1.29 is 32.0 Å². The van der Waals surface area contributed by atoms with Gasteiger partial charge in [-0.3, -0.25) is 9.78 Å². The van der Waals surface area contributed by atoms with Crippen LogP contribution in [-0.2, 0) is 22.3 Å². The number of fused-ring (bicyclic) bond motifs is 1. The second-order valence-corrected chi connectivity index (χ2v) is 8.98. The minimum Gasteiger partial charge on any atom is -0.405 e. The minimum absolute atomic E-state index is 0.00869. The van der Waals surface area contributed by atoms with E-state index >= 15 is 0 Å². The molecule has 0 aliphatic carbocycles. The van der Waals surface area contributed by atoms with Crippen LogP contribution in [-0.4, -0.2) is 47.0 Å². The van der Waals surface area contributed by atoms with Crippen molar-refractivity contribution in [2.24, 2.45) is 0 Å². The predicted molar refractivity (Wildman–Crippen MR) is 112 cm³/mol. The third-order valence-corrected chi connectivity index (χ3v) is 6.21. The molecule has 2 aliphatic heterocycles. The topological polar surface area (TPSA) is 60.9 Å². The lowest BCUT2D eigenvalue weighted by Crippen LogP contribution is -2.41. The highest BCUT2D eigenvalue weighted by molar-refractivity contribution is 6.62. The van der Waals surface area contributed by atoms with Crippen LogP contribution in [0, 0.1) is 0 Å². The molecule has 32 heavy (non-hydrogen) atoms. The molecule has 0 bridgehead atoms. The molecule has 0 atom stereocenters. The lowest BCUT2D eigenvalue weighted by Gasteiger charge is -2.32. The van der Waals surface area contributed by atoms with Crippen molar-refractivity contribution in [3.63, 3.8) is 0 Å². The van der Waals surface area contributed by atoms with Crippen LogP contribution in [0.5, 0.6) is 5.75 Å². The lowest BCUT2D eigenvalue weighted by atomic mass is 9.79. The summed E-state index contributed by atoms with van der Waals surface area (Å²) in [7, 11) is -0.665. The summed E-state index contributed by atoms with van der Waals surface area (Å²) in [6, 6.07) is 7.53. The fourth-order valence-electron chi connectivity index (χ4n) is 3.73. The van der Waals surface area contributed by atoms with Gasteiger partial charge in [0.2, 0.25) is 0 Å². The standard InChI is InChI=1S/C22H24BF3N2O4/c1-20(2)21(3,4)32-23(31-20)15-11-16-17(27-12-15)9-10-28(19(16)29)13-14-7-5-6-8-18(14)30-22(24,25)26/h5-8,11-12H,9-10,13H2,1-4H3. The second-order valence-electron chi connectivity index (χ2n) is 8.98. The van der Waals surface area contributed by atoms with E-state index in [0.29, 0.717) is 29.7 Å². The summed E-state index contributed by atoms with van der Waals surface area (Å²) in [6.45, 7) is 8.08. The number of amides is 1. The molecule has 0 N–H and O–H groups in total. The van der Waals surface area contributed by atoms with Gasteiger partial charge in [-0.15, -0.1) is 13.2 Å². The average Bonchev–Trinajstić information content (AvgIpc) is 2.91. The molecule has 0 spiro atoms. The Labute approximate surface area is 184 Å². The highest BCUT2D eigenvalue weighted by Gasteiger charge is 2.52. The van der Waals surface area contributed by atoms with Gasteiger partial charge in [0.15, 0.2) is 0 Å². The summed E-state index contributed by atoms with van der Waals surface area (Å²) in [6.07, 6.45) is -2.67. The maximum Gasteiger partial charge on any atom is 0.573 e. The highest BCUT2D eigenvalue weighted by Crippen LogP contribution is 2.36. The van der Waals surface area contributed by atoms with E-state index in [1.165, 1.54) is 23.1 Å². The fourth-order valence-corrected chi connectivity index (χ4v) is 3.73. The SMILES string of the molecule is CC1(C)OB(c2cnc3c(c2)C(=O)N(Cc2ccccc2OC(F)(F)F)CC3)OC1(C)C. The fraction of sp³-hybridized carbons (Fsp3) is 0.455. The van der Waals surface area contributed by atoms with E-state index in [9.17, 15) is 18.0 Å². The number of hydrogen-bond acceptors (Lipinski definition) is 5. The van der Waals surface area contributed by atoms with Crippen molar-refractivity contribution in [1.82, 2.24) is 9.88 Å². The molecule has 1 aromatic carbocycles. The number of hydrogen-bond donors (Lipinski definition) is 0. The van der Waals surface area contributed by atoms with Crippen LogP contribution in [0.15, 0.2) is 36.5 Å². The van der Waals surface area contributed by atoms with Crippen LogP contribution in [0.3, 0.4) is 0 Å². The molecule has 1 aromatic heterocycles. The number of aromatic nitrogens is 1. The summed E-state index contributed by atoms with van der Waals surface area (Å²) < 4.78 is 54.4. The summed E-state index contributed by atoms with van der Waals surface area (Å²) in [5.41, 5.74) is 0.872. The van der Waals surface area contributed by atoms with Gasteiger partial charge in [0.05, 0.1) is 22.5 Å². The van der Waals surface area contributed by atoms with Gasteiger partial charge in [-0.25, -0.2) is 0 Å². The van der Waals surface area contributed by atoms with Crippen molar-refractivity contribution in [2.75, 3.05) is 6.54 Å². The number of benzene rings is 1. The van der Waals surface area contributed by atoms with E-state index in [-0.39, 0.29) is 23.8 Å². The van der Waals surface area contributed by atoms with Gasteiger partial charge >= 0.3 is 13.5 Å². The van der Waals surface area contributed by atoms with E-state index in [1.807, 2.05) is 27.7 Å². The van der Waals surface area contributed by atoms with Gasteiger partial charge in [0.25, 0.3) is 5.91 Å². The van der Waals surface area contributed by atoms with Gasteiger partial charge in [-0.05, 0) is 39.8 Å². The molecule has 4 rings (SSSR count). The number of carbonyl (C=O) groups is 1. The largest absolute Gasteiger partial charge is 0.573 e. The summed E-state index contributed by atoms with van der Waals surface area (Å²) >= 11 is 0. The van der Waals surface area contributed by atoms with Crippen molar-refractivity contribution in [2.45, 2.75) is 58.2 Å².